The lowest BCUT2D eigenvalue weighted by molar-refractivity contribution is -0.160. The summed E-state index contributed by atoms with van der Waals surface area (Å²) < 4.78 is 5.89. The van der Waals surface area contributed by atoms with Gasteiger partial charge in [0.2, 0.25) is 11.8 Å². The topological polar surface area (TPSA) is 70.1 Å². The molecule has 6 nitrogen and oxygen atoms in total. The van der Waals surface area contributed by atoms with Gasteiger partial charge in [0.15, 0.2) is 0 Å². The molecule has 25 heavy (non-hydrogen) atoms. The van der Waals surface area contributed by atoms with Gasteiger partial charge in [0.25, 0.3) is 0 Å². The van der Waals surface area contributed by atoms with E-state index >= 15 is 0 Å². The first-order valence-electron chi connectivity index (χ1n) is 8.89. The Morgan fingerprint density at radius 2 is 2.12 bits per heavy atom. The maximum Gasteiger partial charge on any atom is 0.246 e. The van der Waals surface area contributed by atoms with Gasteiger partial charge in [0.05, 0.1) is 6.10 Å². The van der Waals surface area contributed by atoms with Crippen molar-refractivity contribution in [1.82, 2.24) is 9.80 Å². The van der Waals surface area contributed by atoms with Gasteiger partial charge in [-0.1, -0.05) is 12.1 Å². The highest BCUT2D eigenvalue weighted by atomic mass is 16.5. The predicted octanol–water partition coefficient (Wildman–Crippen LogP) is 1.09. The summed E-state index contributed by atoms with van der Waals surface area (Å²) in [5.74, 6) is 0.814. The number of rotatable bonds is 2. The molecule has 2 fully saturated rings. The largest absolute Gasteiger partial charge is 0.487 e. The summed E-state index contributed by atoms with van der Waals surface area (Å²) in [6.45, 7) is 5.11. The van der Waals surface area contributed by atoms with Crippen LogP contribution in [0.4, 0.5) is 0 Å². The van der Waals surface area contributed by atoms with Crippen molar-refractivity contribution in [3.63, 3.8) is 0 Å². The van der Waals surface area contributed by atoms with Crippen molar-refractivity contribution in [2.24, 2.45) is 0 Å². The molecule has 0 saturated carbocycles. The van der Waals surface area contributed by atoms with Gasteiger partial charge in [-0.2, -0.15) is 0 Å². The molecule has 3 aliphatic heterocycles. The van der Waals surface area contributed by atoms with E-state index in [0.717, 1.165) is 23.3 Å². The van der Waals surface area contributed by atoms with Gasteiger partial charge < -0.3 is 19.6 Å². The Hall–Kier alpha value is -2.08. The lowest BCUT2D eigenvalue weighted by Crippen LogP contribution is -2.62. The number of aliphatic hydroxyl groups excluding tert-OH is 1. The number of carbonyl (C=O) groups excluding carboxylic acids is 2. The molecule has 0 spiro atoms. The zero-order valence-electron chi connectivity index (χ0n) is 14.7. The Balaban J connectivity index is 1.52. The Morgan fingerprint density at radius 1 is 1.32 bits per heavy atom. The second-order valence-corrected chi connectivity index (χ2v) is 7.96. The molecule has 1 aromatic rings. The molecule has 0 aliphatic carbocycles. The molecule has 2 saturated heterocycles. The lowest BCUT2D eigenvalue weighted by atomic mass is 9.95. The van der Waals surface area contributed by atoms with Crippen molar-refractivity contribution >= 4 is 11.8 Å². The van der Waals surface area contributed by atoms with E-state index in [0.29, 0.717) is 25.9 Å². The summed E-state index contributed by atoms with van der Waals surface area (Å²) in [6, 6.07) is 5.47. The van der Waals surface area contributed by atoms with Crippen molar-refractivity contribution in [1.29, 1.82) is 0 Å². The van der Waals surface area contributed by atoms with Gasteiger partial charge in [0.1, 0.15) is 23.9 Å². The van der Waals surface area contributed by atoms with Crippen LogP contribution in [-0.4, -0.2) is 57.6 Å². The van der Waals surface area contributed by atoms with Crippen LogP contribution in [-0.2, 0) is 22.6 Å². The fourth-order valence-corrected chi connectivity index (χ4v) is 4.14. The molecule has 0 unspecified atom stereocenters. The van der Waals surface area contributed by atoms with Crippen LogP contribution in [0.5, 0.6) is 5.75 Å². The minimum absolute atomic E-state index is 0.0258. The Labute approximate surface area is 147 Å². The number of hydrogen-bond donors (Lipinski definition) is 1. The number of benzene rings is 1. The van der Waals surface area contributed by atoms with Gasteiger partial charge in [-0.15, -0.1) is 0 Å². The number of ether oxygens (including phenoxy) is 1. The summed E-state index contributed by atoms with van der Waals surface area (Å²) in [6.07, 6.45) is 1.23. The SMILES string of the molecule is CC1(C)Cc2cc(CN3CC(=O)N4CC[C@@H](O)C[C@H]4C3=O)ccc2O1. The molecule has 0 bridgehead atoms. The quantitative estimate of drug-likeness (QED) is 0.872. The van der Waals surface area contributed by atoms with Crippen LogP contribution in [0.1, 0.15) is 37.8 Å². The monoisotopic (exact) mass is 344 g/mol. The first-order chi connectivity index (χ1) is 11.8. The number of aliphatic hydroxyl groups is 1. The van der Waals surface area contributed by atoms with Crippen molar-refractivity contribution in [3.05, 3.63) is 29.3 Å². The van der Waals surface area contributed by atoms with E-state index in [2.05, 4.69) is 19.9 Å². The van der Waals surface area contributed by atoms with E-state index in [1.165, 1.54) is 0 Å². The normalized spacial score (nSPS) is 27.8. The molecular weight excluding hydrogens is 320 g/mol. The fraction of sp³-hybridized carbons (Fsp3) is 0.579. The number of piperidine rings is 1. The van der Waals surface area contributed by atoms with Crippen LogP contribution >= 0.6 is 0 Å². The summed E-state index contributed by atoms with van der Waals surface area (Å²) in [7, 11) is 0. The zero-order chi connectivity index (χ0) is 17.8. The van der Waals surface area contributed by atoms with Crippen molar-refractivity contribution in [2.45, 2.75) is 57.4 Å². The highest BCUT2D eigenvalue weighted by Gasteiger charge is 2.42. The predicted molar refractivity (Wildman–Crippen MR) is 91.0 cm³/mol. The van der Waals surface area contributed by atoms with Gasteiger partial charge in [-0.05, 0) is 37.5 Å². The van der Waals surface area contributed by atoms with Crippen molar-refractivity contribution < 1.29 is 19.4 Å². The Morgan fingerprint density at radius 3 is 2.92 bits per heavy atom. The molecule has 0 aromatic heterocycles. The van der Waals surface area contributed by atoms with Crippen LogP contribution in [0.15, 0.2) is 18.2 Å². The summed E-state index contributed by atoms with van der Waals surface area (Å²) in [5.41, 5.74) is 1.95. The second kappa shape index (κ2) is 5.73. The number of fused-ring (bicyclic) bond motifs is 2. The van der Waals surface area contributed by atoms with Crippen LogP contribution in [0, 0.1) is 0 Å². The van der Waals surface area contributed by atoms with Gasteiger partial charge in [-0.3, -0.25) is 9.59 Å². The van der Waals surface area contributed by atoms with E-state index in [1.807, 2.05) is 12.1 Å². The maximum absolute atomic E-state index is 12.8. The first kappa shape index (κ1) is 16.4. The molecule has 3 heterocycles. The molecular formula is C19H24N2O4. The number of nitrogens with zero attached hydrogens (tertiary/aromatic N) is 2. The molecule has 3 aliphatic rings. The molecule has 1 aromatic carbocycles. The molecule has 6 heteroatoms. The zero-order valence-corrected chi connectivity index (χ0v) is 14.7. The molecule has 0 radical (unpaired) electrons. The average molecular weight is 344 g/mol. The van der Waals surface area contributed by atoms with E-state index in [1.54, 1.807) is 9.80 Å². The van der Waals surface area contributed by atoms with Gasteiger partial charge in [0, 0.05) is 25.9 Å². The second-order valence-electron chi connectivity index (χ2n) is 7.96. The van der Waals surface area contributed by atoms with Gasteiger partial charge >= 0.3 is 0 Å². The average Bonchev–Trinajstić information content (AvgIpc) is 2.85. The fourth-order valence-electron chi connectivity index (χ4n) is 4.14. The van der Waals surface area contributed by atoms with E-state index in [4.69, 9.17) is 4.74 Å². The minimum atomic E-state index is -0.512. The smallest absolute Gasteiger partial charge is 0.246 e. The number of amides is 2. The number of hydrogen-bond acceptors (Lipinski definition) is 4. The third-order valence-electron chi connectivity index (χ3n) is 5.32. The molecule has 134 valence electrons. The van der Waals surface area contributed by atoms with Gasteiger partial charge in [-0.25, -0.2) is 0 Å². The Bertz CT molecular complexity index is 730. The molecule has 1 N–H and O–H groups in total. The summed E-state index contributed by atoms with van der Waals surface area (Å²) >= 11 is 0. The lowest BCUT2D eigenvalue weighted by Gasteiger charge is -2.44. The number of carbonyl (C=O) groups is 2. The summed E-state index contributed by atoms with van der Waals surface area (Å²) in [5, 5.41) is 9.86. The third-order valence-corrected chi connectivity index (χ3v) is 5.32. The Kier molecular flexibility index (Phi) is 3.76. The highest BCUT2D eigenvalue weighted by molar-refractivity contribution is 5.95. The van der Waals surface area contributed by atoms with Crippen molar-refractivity contribution in [3.8, 4) is 5.75 Å². The number of piperazine rings is 1. The third kappa shape index (κ3) is 2.99. The van der Waals surface area contributed by atoms with E-state index in [-0.39, 0.29) is 24.0 Å². The van der Waals surface area contributed by atoms with E-state index < -0.39 is 12.1 Å². The minimum Gasteiger partial charge on any atom is -0.487 e. The standard InChI is InChI=1S/C19H24N2O4/c1-19(2)9-13-7-12(3-4-16(13)25-19)10-20-11-17(23)21-6-5-14(22)8-15(21)18(20)24/h3-4,7,14-15,22H,5-6,8-11H2,1-2H3/t14-,15+/m1/s1. The maximum atomic E-state index is 12.8. The molecule has 2 amide bonds. The van der Waals surface area contributed by atoms with Crippen molar-refractivity contribution in [2.75, 3.05) is 13.1 Å². The van der Waals surface area contributed by atoms with Crippen LogP contribution in [0.2, 0.25) is 0 Å². The van der Waals surface area contributed by atoms with E-state index in [9.17, 15) is 14.7 Å². The molecule has 4 rings (SSSR count). The summed E-state index contributed by atoms with van der Waals surface area (Å²) in [4.78, 5) is 28.4. The first-order valence-corrected chi connectivity index (χ1v) is 8.89. The molecule has 2 atom stereocenters. The van der Waals surface area contributed by atoms with Crippen LogP contribution in [0.25, 0.3) is 0 Å². The van der Waals surface area contributed by atoms with Crippen LogP contribution < -0.4 is 4.74 Å². The highest BCUT2D eigenvalue weighted by Crippen LogP contribution is 2.35. The van der Waals surface area contributed by atoms with Crippen LogP contribution in [0.3, 0.4) is 0 Å².